The molecule has 0 fully saturated rings. The van der Waals surface area contributed by atoms with Gasteiger partial charge in [0.1, 0.15) is 18.5 Å². The molecule has 0 saturated carbocycles. The van der Waals surface area contributed by atoms with Gasteiger partial charge >= 0.3 is 0 Å². The smallest absolute Gasteiger partial charge is 0.119 e. The van der Waals surface area contributed by atoms with E-state index in [-0.39, 0.29) is 19.3 Å². The molecule has 0 spiro atoms. The van der Waals surface area contributed by atoms with E-state index in [1.54, 1.807) is 38.3 Å². The quantitative estimate of drug-likeness (QED) is 0.720. The number of hydrogen-bond donors (Lipinski definition) is 2. The van der Waals surface area contributed by atoms with Gasteiger partial charge < -0.3 is 24.4 Å². The second-order valence-electron chi connectivity index (χ2n) is 4.81. The molecule has 2 unspecified atom stereocenters. The van der Waals surface area contributed by atoms with Crippen molar-refractivity contribution in [1.82, 2.24) is 0 Å². The van der Waals surface area contributed by atoms with E-state index < -0.39 is 12.2 Å². The molecule has 0 radical (unpaired) electrons. The van der Waals surface area contributed by atoms with Crippen LogP contribution in [0, 0.1) is 0 Å². The minimum absolute atomic E-state index is 0.0556. The molecule has 0 aliphatic rings. The number of ether oxygens (including phenoxy) is 3. The van der Waals surface area contributed by atoms with E-state index in [4.69, 9.17) is 14.2 Å². The van der Waals surface area contributed by atoms with Gasteiger partial charge in [-0.1, -0.05) is 12.1 Å². The van der Waals surface area contributed by atoms with Crippen molar-refractivity contribution in [3.8, 4) is 5.75 Å². The fraction of sp³-hybridized carbons (Fsp3) is 0.600. The Morgan fingerprint density at radius 3 is 2.20 bits per heavy atom. The lowest BCUT2D eigenvalue weighted by atomic mass is 10.1. The zero-order valence-corrected chi connectivity index (χ0v) is 12.3. The number of hydrogen-bond acceptors (Lipinski definition) is 5. The summed E-state index contributed by atoms with van der Waals surface area (Å²) in [5.41, 5.74) is 0.828. The highest BCUT2D eigenvalue weighted by molar-refractivity contribution is 5.28. The molecule has 0 aromatic heterocycles. The summed E-state index contributed by atoms with van der Waals surface area (Å²) in [6.45, 7) is 4.45. The van der Waals surface area contributed by atoms with Crippen molar-refractivity contribution >= 4 is 0 Å². The summed E-state index contributed by atoms with van der Waals surface area (Å²) in [5.74, 6) is 0.651. The van der Waals surface area contributed by atoms with Gasteiger partial charge in [-0.05, 0) is 31.5 Å². The number of aliphatic hydroxyl groups is 2. The Kier molecular flexibility index (Phi) is 7.54. The first-order valence-corrected chi connectivity index (χ1v) is 6.72. The summed E-state index contributed by atoms with van der Waals surface area (Å²) in [4.78, 5) is 0. The molecule has 2 N–H and O–H groups in total. The predicted octanol–water partition coefficient (Wildman–Crippen LogP) is 1.53. The van der Waals surface area contributed by atoms with E-state index >= 15 is 0 Å². The molecule has 1 aromatic rings. The SMILES string of the molecule is COCC(C)OCC(O)COc1ccc([C@@H](C)O)cc1. The van der Waals surface area contributed by atoms with Crippen LogP contribution in [0.3, 0.4) is 0 Å². The van der Waals surface area contributed by atoms with E-state index in [2.05, 4.69) is 0 Å². The summed E-state index contributed by atoms with van der Waals surface area (Å²) in [5, 5.41) is 19.1. The minimum Gasteiger partial charge on any atom is -0.491 e. The van der Waals surface area contributed by atoms with Crippen LogP contribution in [0.4, 0.5) is 0 Å². The molecule has 0 bridgehead atoms. The average molecular weight is 284 g/mol. The molecular formula is C15H24O5. The predicted molar refractivity (Wildman–Crippen MR) is 75.9 cm³/mol. The van der Waals surface area contributed by atoms with Gasteiger partial charge in [-0.25, -0.2) is 0 Å². The van der Waals surface area contributed by atoms with Crippen LogP contribution < -0.4 is 4.74 Å². The zero-order valence-electron chi connectivity index (χ0n) is 12.3. The van der Waals surface area contributed by atoms with Crippen molar-refractivity contribution in [2.75, 3.05) is 26.9 Å². The fourth-order valence-corrected chi connectivity index (χ4v) is 1.64. The van der Waals surface area contributed by atoms with Gasteiger partial charge in [-0.15, -0.1) is 0 Å². The molecule has 0 aliphatic heterocycles. The van der Waals surface area contributed by atoms with Crippen molar-refractivity contribution < 1.29 is 24.4 Å². The van der Waals surface area contributed by atoms with Crippen LogP contribution in [0.1, 0.15) is 25.5 Å². The van der Waals surface area contributed by atoms with Gasteiger partial charge in [0.2, 0.25) is 0 Å². The Morgan fingerprint density at radius 1 is 1.00 bits per heavy atom. The van der Waals surface area contributed by atoms with E-state index in [0.29, 0.717) is 12.4 Å². The Labute approximate surface area is 120 Å². The molecule has 1 aromatic carbocycles. The Morgan fingerprint density at radius 2 is 1.65 bits per heavy atom. The largest absolute Gasteiger partial charge is 0.491 e. The molecule has 5 heteroatoms. The maximum absolute atomic E-state index is 9.74. The zero-order chi connectivity index (χ0) is 15.0. The van der Waals surface area contributed by atoms with Crippen LogP contribution >= 0.6 is 0 Å². The topological polar surface area (TPSA) is 68.2 Å². The van der Waals surface area contributed by atoms with Crippen LogP contribution in [-0.2, 0) is 9.47 Å². The summed E-state index contributed by atoms with van der Waals surface area (Å²) in [6.07, 6.45) is -1.24. The van der Waals surface area contributed by atoms with Crippen LogP contribution in [0.5, 0.6) is 5.75 Å². The van der Waals surface area contributed by atoms with Crippen LogP contribution in [0.15, 0.2) is 24.3 Å². The molecule has 3 atom stereocenters. The van der Waals surface area contributed by atoms with E-state index in [0.717, 1.165) is 5.56 Å². The number of rotatable bonds is 9. The monoisotopic (exact) mass is 284 g/mol. The van der Waals surface area contributed by atoms with E-state index in [1.165, 1.54) is 0 Å². The van der Waals surface area contributed by atoms with Crippen molar-refractivity contribution in [2.24, 2.45) is 0 Å². The Bertz CT molecular complexity index is 363. The number of benzene rings is 1. The molecule has 0 amide bonds. The first-order valence-electron chi connectivity index (χ1n) is 6.72. The van der Waals surface area contributed by atoms with Crippen LogP contribution in [0.25, 0.3) is 0 Å². The Hall–Kier alpha value is -1.14. The second kappa shape index (κ2) is 8.92. The third-order valence-electron chi connectivity index (χ3n) is 2.78. The molecule has 0 aliphatic carbocycles. The van der Waals surface area contributed by atoms with Gasteiger partial charge in [0, 0.05) is 7.11 Å². The summed E-state index contributed by atoms with van der Waals surface area (Å²) in [6, 6.07) is 7.12. The second-order valence-corrected chi connectivity index (χ2v) is 4.81. The normalized spacial score (nSPS) is 15.7. The highest BCUT2D eigenvalue weighted by atomic mass is 16.5. The summed E-state index contributed by atoms with van der Waals surface area (Å²) < 4.78 is 15.8. The van der Waals surface area contributed by atoms with E-state index in [1.807, 2.05) is 6.92 Å². The maximum atomic E-state index is 9.74. The Balaban J connectivity index is 2.28. The van der Waals surface area contributed by atoms with Gasteiger partial charge in [0.15, 0.2) is 0 Å². The van der Waals surface area contributed by atoms with Crippen LogP contribution in [-0.4, -0.2) is 49.4 Å². The van der Waals surface area contributed by atoms with Gasteiger partial charge in [0.05, 0.1) is 25.4 Å². The molecule has 0 saturated heterocycles. The van der Waals surface area contributed by atoms with Gasteiger partial charge in [-0.2, -0.15) is 0 Å². The standard InChI is InChI=1S/C15H24O5/c1-11(8-18-3)19-9-14(17)10-20-15-6-4-13(5-7-15)12(2)16/h4-7,11-12,14,16-17H,8-10H2,1-3H3/t11?,12-,14?/m1/s1. The lowest BCUT2D eigenvalue weighted by molar-refractivity contribution is -0.0423. The lowest BCUT2D eigenvalue weighted by Gasteiger charge is -2.16. The third-order valence-corrected chi connectivity index (χ3v) is 2.78. The summed E-state index contributed by atoms with van der Waals surface area (Å²) >= 11 is 0. The average Bonchev–Trinajstić information content (AvgIpc) is 2.43. The first-order chi connectivity index (χ1) is 9.52. The lowest BCUT2D eigenvalue weighted by Crippen LogP contribution is -2.27. The minimum atomic E-state index is -0.689. The molecule has 20 heavy (non-hydrogen) atoms. The van der Waals surface area contributed by atoms with Gasteiger partial charge in [0.25, 0.3) is 0 Å². The van der Waals surface area contributed by atoms with Crippen molar-refractivity contribution in [2.45, 2.75) is 32.2 Å². The fourth-order valence-electron chi connectivity index (χ4n) is 1.64. The van der Waals surface area contributed by atoms with Crippen molar-refractivity contribution in [1.29, 1.82) is 0 Å². The van der Waals surface area contributed by atoms with Gasteiger partial charge in [-0.3, -0.25) is 0 Å². The molecule has 5 nitrogen and oxygen atoms in total. The first kappa shape index (κ1) is 16.9. The molecule has 0 heterocycles. The highest BCUT2D eigenvalue weighted by Gasteiger charge is 2.09. The molecule has 1 rings (SSSR count). The van der Waals surface area contributed by atoms with Crippen molar-refractivity contribution in [3.63, 3.8) is 0 Å². The number of methoxy groups -OCH3 is 1. The van der Waals surface area contributed by atoms with Crippen molar-refractivity contribution in [3.05, 3.63) is 29.8 Å². The highest BCUT2D eigenvalue weighted by Crippen LogP contribution is 2.17. The molecular weight excluding hydrogens is 260 g/mol. The number of aliphatic hydroxyl groups excluding tert-OH is 2. The maximum Gasteiger partial charge on any atom is 0.119 e. The van der Waals surface area contributed by atoms with Crippen LogP contribution in [0.2, 0.25) is 0 Å². The van der Waals surface area contributed by atoms with E-state index in [9.17, 15) is 10.2 Å². The third kappa shape index (κ3) is 6.34. The summed E-state index contributed by atoms with van der Waals surface area (Å²) in [7, 11) is 1.61. The molecule has 114 valence electrons.